The van der Waals surface area contributed by atoms with E-state index >= 15 is 0 Å². The van der Waals surface area contributed by atoms with Crippen LogP contribution in [0.4, 0.5) is 0 Å². The van der Waals surface area contributed by atoms with Crippen molar-refractivity contribution in [3.05, 3.63) is 66.2 Å². The van der Waals surface area contributed by atoms with E-state index in [1.54, 1.807) is 11.8 Å². The van der Waals surface area contributed by atoms with E-state index < -0.39 is 9.70 Å². The van der Waals surface area contributed by atoms with Crippen LogP contribution in [0.25, 0.3) is 0 Å². The van der Waals surface area contributed by atoms with Crippen molar-refractivity contribution in [2.24, 2.45) is 11.8 Å². The van der Waals surface area contributed by atoms with Crippen LogP contribution in [-0.2, 0) is 20.9 Å². The number of hydrogen-bond acceptors (Lipinski definition) is 4. The van der Waals surface area contributed by atoms with Crippen molar-refractivity contribution in [3.8, 4) is 0 Å². The molecule has 2 unspecified atom stereocenters. The van der Waals surface area contributed by atoms with Crippen molar-refractivity contribution in [1.29, 1.82) is 0 Å². The second kappa shape index (κ2) is 11.3. The highest BCUT2D eigenvalue weighted by atomic mass is 35.6. The van der Waals surface area contributed by atoms with E-state index in [1.165, 1.54) is 0 Å². The number of alkyl halides is 3. The lowest BCUT2D eigenvalue weighted by molar-refractivity contribution is -0.133. The molecule has 0 bridgehead atoms. The van der Waals surface area contributed by atoms with Crippen molar-refractivity contribution in [1.82, 2.24) is 5.32 Å². The molecule has 5 atom stereocenters. The summed E-state index contributed by atoms with van der Waals surface area (Å²) in [5.41, 5.74) is 0.761. The number of thioether (sulfide) groups is 1. The van der Waals surface area contributed by atoms with Crippen LogP contribution >= 0.6 is 46.6 Å². The molecule has 2 aromatic carbocycles. The summed E-state index contributed by atoms with van der Waals surface area (Å²) in [6.07, 6.45) is -0.124. The number of carbonyl (C=O) groups excluding carboxylic acids is 1. The zero-order chi connectivity index (χ0) is 22.4. The van der Waals surface area contributed by atoms with Crippen LogP contribution in [0.5, 0.6) is 0 Å². The van der Waals surface area contributed by atoms with Gasteiger partial charge in [-0.1, -0.05) is 109 Å². The Kier molecular flexibility index (Phi) is 8.97. The molecule has 2 aromatic rings. The lowest BCUT2D eigenvalue weighted by Gasteiger charge is -2.45. The Morgan fingerprint density at radius 1 is 1.03 bits per heavy atom. The van der Waals surface area contributed by atoms with Gasteiger partial charge in [-0.15, -0.1) is 0 Å². The lowest BCUT2D eigenvalue weighted by atomic mass is 9.83. The van der Waals surface area contributed by atoms with Crippen molar-refractivity contribution in [2.75, 3.05) is 6.61 Å². The first kappa shape index (κ1) is 24.7. The number of hydrogen-bond donors (Lipinski definition) is 1. The molecular weight excluding hydrogens is 477 g/mol. The standard InChI is InChI=1S/C23H26Cl3NO3S/c1-15-16(2)20(27-22(28)23(24,25)26)21(31-18-11-7-4-8-12-18)30-19(15)14-29-13-17-9-5-3-6-10-17/h3-12,15-16,19-21H,13-14H2,1-2H3,(H,27,28)/t15-,16+,19?,20?,21+/m1/s1. The summed E-state index contributed by atoms with van der Waals surface area (Å²) in [6.45, 7) is 5.15. The molecule has 1 saturated heterocycles. The fourth-order valence-electron chi connectivity index (χ4n) is 3.52. The molecule has 0 aromatic heterocycles. The molecular formula is C23H26Cl3NO3S. The highest BCUT2D eigenvalue weighted by Gasteiger charge is 2.44. The molecule has 0 radical (unpaired) electrons. The predicted octanol–water partition coefficient (Wildman–Crippen LogP) is 5.85. The van der Waals surface area contributed by atoms with Crippen LogP contribution in [0.2, 0.25) is 0 Å². The average molecular weight is 503 g/mol. The molecule has 0 saturated carbocycles. The number of halogens is 3. The third-order valence-electron chi connectivity index (χ3n) is 5.53. The molecule has 1 heterocycles. The van der Waals surface area contributed by atoms with Gasteiger partial charge in [0.1, 0.15) is 5.44 Å². The van der Waals surface area contributed by atoms with Gasteiger partial charge in [-0.3, -0.25) is 4.79 Å². The maximum atomic E-state index is 12.4. The van der Waals surface area contributed by atoms with Gasteiger partial charge in [0.25, 0.3) is 9.70 Å². The molecule has 0 aliphatic carbocycles. The second-order valence-corrected chi connectivity index (χ2v) is 11.1. The van der Waals surface area contributed by atoms with E-state index in [1.807, 2.05) is 60.7 Å². The monoisotopic (exact) mass is 501 g/mol. The van der Waals surface area contributed by atoms with Gasteiger partial charge in [-0.25, -0.2) is 0 Å². The molecule has 4 nitrogen and oxygen atoms in total. The quantitative estimate of drug-likeness (QED) is 0.483. The number of nitrogens with one attached hydrogen (secondary N) is 1. The summed E-state index contributed by atoms with van der Waals surface area (Å²) in [5, 5.41) is 2.89. The highest BCUT2D eigenvalue weighted by Crippen LogP contribution is 2.39. The third kappa shape index (κ3) is 7.01. The summed E-state index contributed by atoms with van der Waals surface area (Å²) in [7, 11) is 0. The van der Waals surface area contributed by atoms with Gasteiger partial charge >= 0.3 is 0 Å². The molecule has 1 aliphatic rings. The second-order valence-electron chi connectivity index (χ2n) is 7.69. The maximum absolute atomic E-state index is 12.4. The van der Waals surface area contributed by atoms with Gasteiger partial charge in [-0.2, -0.15) is 0 Å². The Balaban J connectivity index is 1.71. The minimum Gasteiger partial charge on any atom is -0.374 e. The summed E-state index contributed by atoms with van der Waals surface area (Å²) < 4.78 is 10.4. The zero-order valence-electron chi connectivity index (χ0n) is 17.3. The molecule has 1 N–H and O–H groups in total. The molecule has 1 fully saturated rings. The van der Waals surface area contributed by atoms with Crippen LogP contribution in [-0.4, -0.2) is 33.9 Å². The zero-order valence-corrected chi connectivity index (χ0v) is 20.4. The largest absolute Gasteiger partial charge is 0.374 e. The molecule has 0 spiro atoms. The normalized spacial score (nSPS) is 26.4. The summed E-state index contributed by atoms with van der Waals surface area (Å²) in [6, 6.07) is 19.6. The van der Waals surface area contributed by atoms with Gasteiger partial charge in [0.15, 0.2) is 0 Å². The minimum atomic E-state index is -2.03. The van der Waals surface area contributed by atoms with Crippen LogP contribution < -0.4 is 5.32 Å². The van der Waals surface area contributed by atoms with E-state index in [4.69, 9.17) is 44.3 Å². The van der Waals surface area contributed by atoms with Gasteiger partial charge < -0.3 is 14.8 Å². The Morgan fingerprint density at radius 3 is 2.26 bits per heavy atom. The van der Waals surface area contributed by atoms with Crippen molar-refractivity contribution in [3.63, 3.8) is 0 Å². The highest BCUT2D eigenvalue weighted by molar-refractivity contribution is 7.99. The molecule has 1 amide bonds. The molecule has 3 rings (SSSR count). The first-order valence-corrected chi connectivity index (χ1v) is 12.1. The summed E-state index contributed by atoms with van der Waals surface area (Å²) in [4.78, 5) is 13.4. The number of ether oxygens (including phenoxy) is 2. The number of carbonyl (C=O) groups is 1. The Hall–Kier alpha value is -0.950. The van der Waals surface area contributed by atoms with Gasteiger partial charge in [-0.05, 0) is 29.5 Å². The van der Waals surface area contributed by atoms with Crippen LogP contribution in [0.3, 0.4) is 0 Å². The Bertz CT molecular complexity index is 835. The van der Waals surface area contributed by atoms with Crippen LogP contribution in [0.15, 0.2) is 65.6 Å². The average Bonchev–Trinajstić information content (AvgIpc) is 2.75. The van der Waals surface area contributed by atoms with Crippen molar-refractivity contribution in [2.45, 2.75) is 46.7 Å². The summed E-state index contributed by atoms with van der Waals surface area (Å²) >= 11 is 18.9. The maximum Gasteiger partial charge on any atom is 0.272 e. The lowest BCUT2D eigenvalue weighted by Crippen LogP contribution is -2.58. The topological polar surface area (TPSA) is 47.6 Å². The fourth-order valence-corrected chi connectivity index (χ4v) is 4.93. The van der Waals surface area contributed by atoms with E-state index in [9.17, 15) is 4.79 Å². The van der Waals surface area contributed by atoms with E-state index in [0.717, 1.165) is 10.5 Å². The summed E-state index contributed by atoms with van der Waals surface area (Å²) in [5.74, 6) is -0.441. The first-order valence-electron chi connectivity index (χ1n) is 10.1. The first-order chi connectivity index (χ1) is 14.8. The Labute approximate surface area is 202 Å². The van der Waals surface area contributed by atoms with Crippen LogP contribution in [0.1, 0.15) is 19.4 Å². The van der Waals surface area contributed by atoms with E-state index in [-0.39, 0.29) is 29.4 Å². The smallest absolute Gasteiger partial charge is 0.272 e. The van der Waals surface area contributed by atoms with Crippen molar-refractivity contribution >= 4 is 52.5 Å². The van der Waals surface area contributed by atoms with E-state index in [2.05, 4.69) is 19.2 Å². The Morgan fingerprint density at radius 2 is 1.65 bits per heavy atom. The SMILES string of the molecule is C[C@@H]1C(NC(=O)C(Cl)(Cl)Cl)[C@H](Sc2ccccc2)OC(COCc2ccccc2)[C@@H]1C. The number of rotatable bonds is 7. The molecule has 1 aliphatic heterocycles. The van der Waals surface area contributed by atoms with E-state index in [0.29, 0.717) is 13.2 Å². The third-order valence-corrected chi connectivity index (χ3v) is 7.22. The van der Waals surface area contributed by atoms with Gasteiger partial charge in [0, 0.05) is 4.90 Å². The molecule has 8 heteroatoms. The minimum absolute atomic E-state index is 0.0802. The van der Waals surface area contributed by atoms with Crippen molar-refractivity contribution < 1.29 is 14.3 Å². The van der Waals surface area contributed by atoms with Crippen LogP contribution in [0, 0.1) is 11.8 Å². The predicted molar refractivity (Wildman–Crippen MR) is 128 cm³/mol. The van der Waals surface area contributed by atoms with Gasteiger partial charge in [0.05, 0.1) is 25.4 Å². The molecule has 168 valence electrons. The number of benzene rings is 2. The fraction of sp³-hybridized carbons (Fsp3) is 0.435. The van der Waals surface area contributed by atoms with Gasteiger partial charge in [0.2, 0.25) is 0 Å². The molecule has 31 heavy (non-hydrogen) atoms. The number of amides is 1.